The molecule has 0 spiro atoms. The first-order valence-corrected chi connectivity index (χ1v) is 15.5. The molecule has 1 saturated heterocycles. The topological polar surface area (TPSA) is 118 Å². The van der Waals surface area contributed by atoms with Gasteiger partial charge in [0.05, 0.1) is 12.5 Å². The van der Waals surface area contributed by atoms with Crippen molar-refractivity contribution < 1.29 is 17.9 Å². The van der Waals surface area contributed by atoms with Gasteiger partial charge in [-0.1, -0.05) is 19.6 Å². The number of anilines is 1. The zero-order chi connectivity index (χ0) is 21.9. The second-order valence-corrected chi connectivity index (χ2v) is 16.4. The molecule has 12 heteroatoms. The normalized spacial score (nSPS) is 18.1. The Morgan fingerprint density at radius 3 is 2.80 bits per heavy atom. The second kappa shape index (κ2) is 9.00. The SMILES string of the molecule is C[Si](C)(C)CCOCn1ccc2nc(NC(=O)N[C@H]3CCN(S(C)(=O)=O)C3)cnc21. The van der Waals surface area contributed by atoms with E-state index in [-0.39, 0.29) is 12.6 Å². The van der Waals surface area contributed by atoms with Crippen molar-refractivity contribution in [3.05, 3.63) is 18.5 Å². The van der Waals surface area contributed by atoms with Crippen molar-refractivity contribution in [3.63, 3.8) is 0 Å². The number of hydrogen-bond donors (Lipinski definition) is 2. The summed E-state index contributed by atoms with van der Waals surface area (Å²) < 4.78 is 32.2. The molecule has 0 unspecified atom stereocenters. The van der Waals surface area contributed by atoms with Crippen LogP contribution in [0.15, 0.2) is 18.5 Å². The number of sulfonamides is 1. The van der Waals surface area contributed by atoms with Crippen LogP contribution in [0.4, 0.5) is 10.6 Å². The highest BCUT2D eigenvalue weighted by molar-refractivity contribution is 7.88. The van der Waals surface area contributed by atoms with Gasteiger partial charge in [0.15, 0.2) is 11.5 Å². The van der Waals surface area contributed by atoms with Gasteiger partial charge in [-0.25, -0.2) is 27.5 Å². The Morgan fingerprint density at radius 2 is 2.13 bits per heavy atom. The Morgan fingerprint density at radius 1 is 1.37 bits per heavy atom. The molecular formula is C18H30N6O4SSi. The van der Waals surface area contributed by atoms with Crippen LogP contribution >= 0.6 is 0 Å². The maximum absolute atomic E-state index is 12.2. The lowest BCUT2D eigenvalue weighted by molar-refractivity contribution is 0.0899. The predicted octanol–water partition coefficient (Wildman–Crippen LogP) is 1.90. The third kappa shape index (κ3) is 6.24. The molecule has 2 N–H and O–H groups in total. The number of carbonyl (C=O) groups excluding carboxylic acids is 1. The summed E-state index contributed by atoms with van der Waals surface area (Å²) >= 11 is 0. The molecule has 2 aromatic rings. The third-order valence-corrected chi connectivity index (χ3v) is 7.86. The van der Waals surface area contributed by atoms with Gasteiger partial charge in [-0.3, -0.25) is 5.32 Å². The number of ether oxygens (including phenoxy) is 1. The van der Waals surface area contributed by atoms with E-state index in [1.54, 1.807) is 0 Å². The Balaban J connectivity index is 1.53. The summed E-state index contributed by atoms with van der Waals surface area (Å²) in [5.41, 5.74) is 1.35. The number of aromatic nitrogens is 3. The van der Waals surface area contributed by atoms with Crippen LogP contribution in [0, 0.1) is 0 Å². The summed E-state index contributed by atoms with van der Waals surface area (Å²) in [7, 11) is -4.36. The maximum Gasteiger partial charge on any atom is 0.320 e. The van der Waals surface area contributed by atoms with Crippen molar-refractivity contribution in [2.75, 3.05) is 31.3 Å². The second-order valence-electron chi connectivity index (χ2n) is 8.80. The van der Waals surface area contributed by atoms with E-state index in [4.69, 9.17) is 4.74 Å². The summed E-state index contributed by atoms with van der Waals surface area (Å²) in [4.78, 5) is 21.1. The fourth-order valence-electron chi connectivity index (χ4n) is 3.15. The number of fused-ring (bicyclic) bond motifs is 1. The molecule has 1 fully saturated rings. The molecule has 0 aliphatic carbocycles. The number of amides is 2. The van der Waals surface area contributed by atoms with Crippen molar-refractivity contribution in [1.82, 2.24) is 24.2 Å². The van der Waals surface area contributed by atoms with Crippen LogP contribution < -0.4 is 10.6 Å². The quantitative estimate of drug-likeness (QED) is 0.464. The van der Waals surface area contributed by atoms with E-state index in [0.717, 1.165) is 12.7 Å². The van der Waals surface area contributed by atoms with Gasteiger partial charge in [0, 0.05) is 40.0 Å². The summed E-state index contributed by atoms with van der Waals surface area (Å²) in [5.74, 6) is 0.329. The van der Waals surface area contributed by atoms with Gasteiger partial charge >= 0.3 is 6.03 Å². The molecule has 2 aromatic heterocycles. The first-order valence-electron chi connectivity index (χ1n) is 9.93. The monoisotopic (exact) mass is 454 g/mol. The smallest absolute Gasteiger partial charge is 0.320 e. The van der Waals surface area contributed by atoms with E-state index >= 15 is 0 Å². The number of hydrogen-bond acceptors (Lipinski definition) is 6. The average Bonchev–Trinajstić information content (AvgIpc) is 3.24. The molecule has 0 aromatic carbocycles. The standard InChI is InChI=1S/C18H30N6O4SSi/c1-29(26,27)24-8-5-14(12-24)20-18(25)22-16-11-19-17-15(21-16)6-7-23(17)13-28-9-10-30(2,3)4/h6-7,11,14H,5,8-10,12-13H2,1-4H3,(H2,20,21,22,25)/t14-/m0/s1. The minimum absolute atomic E-state index is 0.231. The van der Waals surface area contributed by atoms with Crippen molar-refractivity contribution >= 4 is 41.1 Å². The lowest BCUT2D eigenvalue weighted by Crippen LogP contribution is -2.40. The first kappa shape index (κ1) is 22.7. The van der Waals surface area contributed by atoms with Gasteiger partial charge in [-0.2, -0.15) is 0 Å². The van der Waals surface area contributed by atoms with Gasteiger partial charge in [-0.05, 0) is 18.5 Å². The summed E-state index contributed by atoms with van der Waals surface area (Å²) in [6.45, 7) is 8.75. The molecule has 166 valence electrons. The Bertz CT molecular complexity index is 1000. The third-order valence-electron chi connectivity index (χ3n) is 4.89. The van der Waals surface area contributed by atoms with Crippen LogP contribution in [-0.4, -0.2) is 73.4 Å². The molecule has 3 heterocycles. The van der Waals surface area contributed by atoms with Crippen LogP contribution in [0.5, 0.6) is 0 Å². The molecule has 1 atom stereocenters. The number of nitrogens with one attached hydrogen (secondary N) is 2. The van der Waals surface area contributed by atoms with Gasteiger partial charge in [0.2, 0.25) is 10.0 Å². The van der Waals surface area contributed by atoms with Gasteiger partial charge in [-0.15, -0.1) is 0 Å². The largest absolute Gasteiger partial charge is 0.361 e. The molecule has 1 aliphatic rings. The van der Waals surface area contributed by atoms with Crippen molar-refractivity contribution in [2.24, 2.45) is 0 Å². The lowest BCUT2D eigenvalue weighted by atomic mass is 10.3. The van der Waals surface area contributed by atoms with Crippen LogP contribution in [0.3, 0.4) is 0 Å². The van der Waals surface area contributed by atoms with Gasteiger partial charge in [0.1, 0.15) is 12.2 Å². The van der Waals surface area contributed by atoms with Crippen molar-refractivity contribution in [3.8, 4) is 0 Å². The fourth-order valence-corrected chi connectivity index (χ4v) is 4.80. The number of rotatable bonds is 8. The van der Waals surface area contributed by atoms with Gasteiger partial charge < -0.3 is 14.6 Å². The van der Waals surface area contributed by atoms with Crippen LogP contribution in [0.2, 0.25) is 25.7 Å². The molecule has 30 heavy (non-hydrogen) atoms. The minimum Gasteiger partial charge on any atom is -0.361 e. The molecule has 10 nitrogen and oxygen atoms in total. The summed E-state index contributed by atoms with van der Waals surface area (Å²) in [6.07, 6.45) is 5.11. The lowest BCUT2D eigenvalue weighted by Gasteiger charge is -2.15. The first-order chi connectivity index (χ1) is 14.0. The number of carbonyl (C=O) groups is 1. The van der Waals surface area contributed by atoms with E-state index in [2.05, 4.69) is 40.2 Å². The Labute approximate surface area is 178 Å². The number of nitrogens with zero attached hydrogens (tertiary/aromatic N) is 4. The van der Waals surface area contributed by atoms with E-state index in [1.165, 1.54) is 16.8 Å². The summed E-state index contributed by atoms with van der Waals surface area (Å²) in [5, 5.41) is 5.45. The highest BCUT2D eigenvalue weighted by Gasteiger charge is 2.29. The van der Waals surface area contributed by atoms with E-state index in [1.807, 2.05) is 16.8 Å². The van der Waals surface area contributed by atoms with E-state index in [9.17, 15) is 13.2 Å². The molecule has 1 aliphatic heterocycles. The molecule has 2 amide bonds. The van der Waals surface area contributed by atoms with E-state index in [0.29, 0.717) is 36.7 Å². The highest BCUT2D eigenvalue weighted by Crippen LogP contribution is 2.16. The number of urea groups is 1. The van der Waals surface area contributed by atoms with Crippen molar-refractivity contribution in [1.29, 1.82) is 0 Å². The molecule has 0 bridgehead atoms. The molecular weight excluding hydrogens is 424 g/mol. The molecule has 0 radical (unpaired) electrons. The molecule has 3 rings (SSSR count). The maximum atomic E-state index is 12.2. The Hall–Kier alpha value is -2.02. The van der Waals surface area contributed by atoms with Gasteiger partial charge in [0.25, 0.3) is 0 Å². The minimum atomic E-state index is -3.24. The van der Waals surface area contributed by atoms with E-state index < -0.39 is 24.1 Å². The fraction of sp³-hybridized carbons (Fsp3) is 0.611. The van der Waals surface area contributed by atoms with Crippen LogP contribution in [0.25, 0.3) is 11.2 Å². The van der Waals surface area contributed by atoms with Crippen molar-refractivity contribution in [2.45, 2.75) is 44.9 Å². The Kier molecular flexibility index (Phi) is 6.80. The zero-order valence-electron chi connectivity index (χ0n) is 17.9. The summed E-state index contributed by atoms with van der Waals surface area (Å²) in [6, 6.07) is 2.27. The molecule has 0 saturated carbocycles. The zero-order valence-corrected chi connectivity index (χ0v) is 19.7. The predicted molar refractivity (Wildman–Crippen MR) is 119 cm³/mol. The van der Waals surface area contributed by atoms with Crippen LogP contribution in [-0.2, 0) is 21.5 Å². The highest BCUT2D eigenvalue weighted by atomic mass is 32.2. The van der Waals surface area contributed by atoms with Crippen LogP contribution in [0.1, 0.15) is 6.42 Å². The average molecular weight is 455 g/mol.